The first-order valence-corrected chi connectivity index (χ1v) is 8.63. The van der Waals surface area contributed by atoms with Crippen LogP contribution in [0.2, 0.25) is 10.0 Å². The second-order valence-electron chi connectivity index (χ2n) is 5.49. The molecule has 138 valence electrons. The molecule has 1 heterocycles. The van der Waals surface area contributed by atoms with Crippen LogP contribution in [0.3, 0.4) is 0 Å². The molecule has 8 heteroatoms. The van der Waals surface area contributed by atoms with Crippen LogP contribution in [0.15, 0.2) is 60.9 Å². The topological polar surface area (TPSA) is 72.4 Å². The number of nitrogens with zero attached hydrogens (tertiary/aromatic N) is 1. The number of aromatic nitrogens is 1. The summed E-state index contributed by atoms with van der Waals surface area (Å²) >= 11 is 12.1. The van der Waals surface area contributed by atoms with E-state index in [1.54, 1.807) is 22.8 Å². The highest BCUT2D eigenvalue weighted by Gasteiger charge is 2.16. The zero-order valence-corrected chi connectivity index (χ0v) is 15.7. The van der Waals surface area contributed by atoms with E-state index in [1.807, 2.05) is 30.6 Å². The van der Waals surface area contributed by atoms with Crippen LogP contribution >= 0.6 is 23.2 Å². The Hall–Kier alpha value is -2.96. The molecule has 0 spiro atoms. The molecule has 3 aromatic rings. The first kappa shape index (κ1) is 18.8. The van der Waals surface area contributed by atoms with Crippen molar-refractivity contribution in [3.63, 3.8) is 0 Å². The fourth-order valence-corrected chi connectivity index (χ4v) is 3.17. The number of carbonyl (C=O) groups is 2. The molecule has 2 amide bonds. The molecule has 0 radical (unpaired) electrons. The molecule has 0 atom stereocenters. The lowest BCUT2D eigenvalue weighted by Gasteiger charge is -2.12. The highest BCUT2D eigenvalue weighted by Crippen LogP contribution is 2.33. The molecule has 0 aliphatic carbocycles. The standard InChI is InChI=1S/C19H15Cl2N3O3/c1-27-17-14(20)10-12(11-15(17)21)18(25)22-23-19(26)13-6-2-3-7-16(13)24-8-4-5-9-24/h2-11H,1H3,(H,22,25)(H,23,26). The lowest BCUT2D eigenvalue weighted by Crippen LogP contribution is -2.42. The van der Waals surface area contributed by atoms with E-state index in [-0.39, 0.29) is 21.4 Å². The lowest BCUT2D eigenvalue weighted by molar-refractivity contribution is 0.0846. The predicted molar refractivity (Wildman–Crippen MR) is 104 cm³/mol. The number of benzene rings is 2. The molecule has 2 aromatic carbocycles. The number of methoxy groups -OCH3 is 1. The number of hydrogen-bond donors (Lipinski definition) is 2. The molecule has 27 heavy (non-hydrogen) atoms. The van der Waals surface area contributed by atoms with E-state index in [9.17, 15) is 9.59 Å². The predicted octanol–water partition coefficient (Wildman–Crippen LogP) is 3.87. The lowest BCUT2D eigenvalue weighted by atomic mass is 10.1. The van der Waals surface area contributed by atoms with Gasteiger partial charge in [-0.05, 0) is 36.4 Å². The number of carbonyl (C=O) groups excluding carboxylic acids is 2. The van der Waals surface area contributed by atoms with Crippen LogP contribution in [0.1, 0.15) is 20.7 Å². The summed E-state index contributed by atoms with van der Waals surface area (Å²) < 4.78 is 6.85. The quantitative estimate of drug-likeness (QED) is 0.649. The molecule has 0 aliphatic rings. The number of rotatable bonds is 4. The Morgan fingerprint density at radius 1 is 0.926 bits per heavy atom. The Labute approximate surface area is 165 Å². The van der Waals surface area contributed by atoms with Crippen LogP contribution in [-0.2, 0) is 0 Å². The van der Waals surface area contributed by atoms with Gasteiger partial charge in [-0.25, -0.2) is 0 Å². The first-order chi connectivity index (χ1) is 13.0. The van der Waals surface area contributed by atoms with Gasteiger partial charge >= 0.3 is 0 Å². The highest BCUT2D eigenvalue weighted by molar-refractivity contribution is 6.37. The minimum Gasteiger partial charge on any atom is -0.494 e. The number of nitrogens with one attached hydrogen (secondary N) is 2. The fourth-order valence-electron chi connectivity index (χ4n) is 2.52. The van der Waals surface area contributed by atoms with Crippen LogP contribution in [-0.4, -0.2) is 23.5 Å². The van der Waals surface area contributed by atoms with Crippen molar-refractivity contribution in [2.75, 3.05) is 7.11 Å². The first-order valence-electron chi connectivity index (χ1n) is 7.87. The summed E-state index contributed by atoms with van der Waals surface area (Å²) in [5.74, 6) is -0.744. The molecule has 1 aromatic heterocycles. The van der Waals surface area contributed by atoms with E-state index in [0.717, 1.165) is 0 Å². The van der Waals surface area contributed by atoms with Crippen LogP contribution < -0.4 is 15.6 Å². The Morgan fingerprint density at radius 2 is 1.52 bits per heavy atom. The normalized spacial score (nSPS) is 10.3. The van der Waals surface area contributed by atoms with Crippen LogP contribution in [0.4, 0.5) is 0 Å². The maximum absolute atomic E-state index is 12.5. The van der Waals surface area contributed by atoms with Crippen molar-refractivity contribution in [1.29, 1.82) is 0 Å². The fraction of sp³-hybridized carbons (Fsp3) is 0.0526. The van der Waals surface area contributed by atoms with Crippen LogP contribution in [0.5, 0.6) is 5.75 Å². The van der Waals surface area contributed by atoms with Gasteiger partial charge < -0.3 is 9.30 Å². The van der Waals surface area contributed by atoms with Gasteiger partial charge in [0.05, 0.1) is 28.4 Å². The molecule has 0 fully saturated rings. The molecule has 0 saturated carbocycles. The Bertz CT molecular complexity index is 965. The van der Waals surface area contributed by atoms with Crippen molar-refractivity contribution < 1.29 is 14.3 Å². The Morgan fingerprint density at radius 3 is 2.15 bits per heavy atom. The number of hydrazine groups is 1. The van der Waals surface area contributed by atoms with Gasteiger partial charge in [-0.2, -0.15) is 0 Å². The maximum atomic E-state index is 12.5. The Balaban J connectivity index is 1.74. The van der Waals surface area contributed by atoms with E-state index >= 15 is 0 Å². The van der Waals surface area contributed by atoms with E-state index in [1.165, 1.54) is 19.2 Å². The minimum atomic E-state index is -0.562. The highest BCUT2D eigenvalue weighted by atomic mass is 35.5. The summed E-state index contributed by atoms with van der Waals surface area (Å²) in [5, 5.41) is 0.388. The maximum Gasteiger partial charge on any atom is 0.271 e. The third-order valence-electron chi connectivity index (χ3n) is 3.79. The summed E-state index contributed by atoms with van der Waals surface area (Å²) in [6.07, 6.45) is 3.65. The van der Waals surface area contributed by atoms with Crippen molar-refractivity contribution in [2.45, 2.75) is 0 Å². The van der Waals surface area contributed by atoms with Gasteiger partial charge in [0.1, 0.15) is 0 Å². The van der Waals surface area contributed by atoms with Crippen LogP contribution in [0, 0.1) is 0 Å². The number of amides is 2. The number of hydrogen-bond acceptors (Lipinski definition) is 3. The number of para-hydroxylation sites is 1. The third kappa shape index (κ3) is 4.07. The summed E-state index contributed by atoms with van der Waals surface area (Å²) in [4.78, 5) is 24.8. The largest absolute Gasteiger partial charge is 0.494 e. The molecule has 0 unspecified atom stereocenters. The Kier molecular flexibility index (Phi) is 5.69. The van der Waals surface area contributed by atoms with Crippen molar-refractivity contribution >= 4 is 35.0 Å². The molecule has 0 saturated heterocycles. The second kappa shape index (κ2) is 8.16. The molecular weight excluding hydrogens is 389 g/mol. The zero-order valence-electron chi connectivity index (χ0n) is 14.2. The average molecular weight is 404 g/mol. The zero-order chi connectivity index (χ0) is 19.4. The smallest absolute Gasteiger partial charge is 0.271 e. The molecular formula is C19H15Cl2N3O3. The van der Waals surface area contributed by atoms with Crippen molar-refractivity contribution in [3.05, 3.63) is 82.1 Å². The van der Waals surface area contributed by atoms with Gasteiger partial charge in [0.25, 0.3) is 11.8 Å². The van der Waals surface area contributed by atoms with Gasteiger partial charge in [0.2, 0.25) is 0 Å². The summed E-state index contributed by atoms with van der Waals surface area (Å²) in [6.45, 7) is 0. The minimum absolute atomic E-state index is 0.185. The van der Waals surface area contributed by atoms with Gasteiger partial charge in [-0.1, -0.05) is 35.3 Å². The summed E-state index contributed by atoms with van der Waals surface area (Å²) in [5.41, 5.74) is 6.03. The van der Waals surface area contributed by atoms with E-state index in [2.05, 4.69) is 10.9 Å². The summed E-state index contributed by atoms with van der Waals surface area (Å²) in [6, 6.07) is 13.6. The molecule has 6 nitrogen and oxygen atoms in total. The number of ether oxygens (including phenoxy) is 1. The van der Waals surface area contributed by atoms with E-state index in [4.69, 9.17) is 27.9 Å². The second-order valence-corrected chi connectivity index (χ2v) is 6.30. The summed E-state index contributed by atoms with van der Waals surface area (Å²) in [7, 11) is 1.43. The van der Waals surface area contributed by atoms with Gasteiger partial charge in [0.15, 0.2) is 5.75 Å². The van der Waals surface area contributed by atoms with E-state index in [0.29, 0.717) is 11.3 Å². The monoisotopic (exact) mass is 403 g/mol. The van der Waals surface area contributed by atoms with Gasteiger partial charge in [-0.3, -0.25) is 20.4 Å². The van der Waals surface area contributed by atoms with E-state index < -0.39 is 11.8 Å². The van der Waals surface area contributed by atoms with Crippen molar-refractivity contribution in [2.24, 2.45) is 0 Å². The number of halogens is 2. The SMILES string of the molecule is COc1c(Cl)cc(C(=O)NNC(=O)c2ccccc2-n2cccc2)cc1Cl. The van der Waals surface area contributed by atoms with Crippen LogP contribution in [0.25, 0.3) is 5.69 Å². The van der Waals surface area contributed by atoms with Crippen molar-refractivity contribution in [1.82, 2.24) is 15.4 Å². The van der Waals surface area contributed by atoms with Gasteiger partial charge in [0, 0.05) is 18.0 Å². The van der Waals surface area contributed by atoms with Crippen molar-refractivity contribution in [3.8, 4) is 11.4 Å². The third-order valence-corrected chi connectivity index (χ3v) is 4.35. The molecule has 0 bridgehead atoms. The molecule has 0 aliphatic heterocycles. The van der Waals surface area contributed by atoms with Gasteiger partial charge in [-0.15, -0.1) is 0 Å². The molecule has 2 N–H and O–H groups in total. The molecule has 3 rings (SSSR count). The average Bonchev–Trinajstić information content (AvgIpc) is 3.20.